The quantitative estimate of drug-likeness (QED) is 0.672. The van der Waals surface area contributed by atoms with Crippen LogP contribution in [0.4, 0.5) is 5.69 Å². The first-order valence-electron chi connectivity index (χ1n) is 9.41. The third kappa shape index (κ3) is 5.64. The van der Waals surface area contributed by atoms with Gasteiger partial charge in [-0.25, -0.2) is 5.43 Å². The van der Waals surface area contributed by atoms with Crippen LogP contribution in [-0.4, -0.2) is 38.3 Å². The Bertz CT molecular complexity index is 658. The highest BCUT2D eigenvalue weighted by molar-refractivity contribution is 5.44. The highest BCUT2D eigenvalue weighted by Crippen LogP contribution is 2.28. The van der Waals surface area contributed by atoms with E-state index in [1.807, 2.05) is 42.5 Å². The van der Waals surface area contributed by atoms with Gasteiger partial charge in [0.25, 0.3) is 0 Å². The number of ether oxygens (including phenoxy) is 2. The van der Waals surface area contributed by atoms with Gasteiger partial charge in [-0.3, -0.25) is 4.90 Å². The second-order valence-electron chi connectivity index (χ2n) is 6.58. The van der Waals surface area contributed by atoms with Crippen LogP contribution in [0.1, 0.15) is 24.8 Å². The SMILES string of the molecule is COc1cc(CNNc2ccccc2)ccc1OCCN1CCCCC1. The van der Waals surface area contributed by atoms with Crippen molar-refractivity contribution in [3.63, 3.8) is 0 Å². The lowest BCUT2D eigenvalue weighted by molar-refractivity contribution is 0.180. The van der Waals surface area contributed by atoms with Crippen LogP contribution in [0.3, 0.4) is 0 Å². The molecule has 2 N–H and O–H groups in total. The van der Waals surface area contributed by atoms with Crippen LogP contribution in [0.25, 0.3) is 0 Å². The lowest BCUT2D eigenvalue weighted by atomic mass is 10.1. The molecule has 0 amide bonds. The number of benzene rings is 2. The third-order valence-corrected chi connectivity index (χ3v) is 4.64. The summed E-state index contributed by atoms with van der Waals surface area (Å²) in [5, 5.41) is 0. The van der Waals surface area contributed by atoms with E-state index in [-0.39, 0.29) is 0 Å². The Morgan fingerprint density at radius 2 is 1.77 bits per heavy atom. The molecule has 0 aromatic heterocycles. The van der Waals surface area contributed by atoms with Crippen molar-refractivity contribution < 1.29 is 9.47 Å². The number of hydrogen-bond donors (Lipinski definition) is 2. The monoisotopic (exact) mass is 355 g/mol. The fourth-order valence-corrected chi connectivity index (χ4v) is 3.18. The largest absolute Gasteiger partial charge is 0.493 e. The molecule has 0 spiro atoms. The number of anilines is 1. The molecule has 0 saturated carbocycles. The van der Waals surface area contributed by atoms with Gasteiger partial charge in [-0.1, -0.05) is 30.7 Å². The molecule has 3 rings (SSSR count). The molecular formula is C21H29N3O2. The summed E-state index contributed by atoms with van der Waals surface area (Å²) in [5.41, 5.74) is 8.58. The van der Waals surface area contributed by atoms with Crippen LogP contribution < -0.4 is 20.3 Å². The Hall–Kier alpha value is -2.24. The highest BCUT2D eigenvalue weighted by Gasteiger charge is 2.11. The number of methoxy groups -OCH3 is 1. The maximum atomic E-state index is 5.96. The number of likely N-dealkylation sites (tertiary alicyclic amines) is 1. The number of rotatable bonds is 9. The summed E-state index contributed by atoms with van der Waals surface area (Å²) in [7, 11) is 1.69. The Balaban J connectivity index is 1.47. The molecule has 0 radical (unpaired) electrons. The van der Waals surface area contributed by atoms with Gasteiger partial charge in [-0.15, -0.1) is 0 Å². The molecule has 0 aliphatic carbocycles. The number of hydrazine groups is 1. The van der Waals surface area contributed by atoms with Gasteiger partial charge in [-0.2, -0.15) is 0 Å². The summed E-state index contributed by atoms with van der Waals surface area (Å²) >= 11 is 0. The molecule has 1 saturated heterocycles. The molecule has 0 unspecified atom stereocenters. The van der Waals surface area contributed by atoms with Gasteiger partial charge in [0.2, 0.25) is 0 Å². The fourth-order valence-electron chi connectivity index (χ4n) is 3.18. The van der Waals surface area contributed by atoms with Gasteiger partial charge in [0.05, 0.1) is 7.11 Å². The maximum Gasteiger partial charge on any atom is 0.161 e. The first-order valence-corrected chi connectivity index (χ1v) is 9.41. The van der Waals surface area contributed by atoms with Gasteiger partial charge < -0.3 is 14.9 Å². The molecule has 0 atom stereocenters. The van der Waals surface area contributed by atoms with E-state index in [0.717, 1.165) is 29.3 Å². The first-order chi connectivity index (χ1) is 12.8. The molecule has 5 nitrogen and oxygen atoms in total. The molecule has 0 bridgehead atoms. The van der Waals surface area contributed by atoms with Crippen molar-refractivity contribution in [3.05, 3.63) is 54.1 Å². The maximum absolute atomic E-state index is 5.96. The van der Waals surface area contributed by atoms with Crippen molar-refractivity contribution in [3.8, 4) is 11.5 Å². The van der Waals surface area contributed by atoms with E-state index < -0.39 is 0 Å². The van der Waals surface area contributed by atoms with Crippen molar-refractivity contribution in [2.24, 2.45) is 0 Å². The second-order valence-corrected chi connectivity index (χ2v) is 6.58. The summed E-state index contributed by atoms with van der Waals surface area (Å²) in [6.07, 6.45) is 3.98. The van der Waals surface area contributed by atoms with Crippen LogP contribution in [0.15, 0.2) is 48.5 Å². The Morgan fingerprint density at radius 3 is 2.54 bits per heavy atom. The van der Waals surface area contributed by atoms with E-state index in [4.69, 9.17) is 9.47 Å². The number of piperidine rings is 1. The van der Waals surface area contributed by atoms with E-state index in [9.17, 15) is 0 Å². The number of nitrogens with zero attached hydrogens (tertiary/aromatic N) is 1. The van der Waals surface area contributed by atoms with E-state index in [0.29, 0.717) is 13.2 Å². The summed E-state index contributed by atoms with van der Waals surface area (Å²) in [6.45, 7) is 4.76. The Kier molecular flexibility index (Phi) is 7.16. The number of hydrogen-bond acceptors (Lipinski definition) is 5. The van der Waals surface area contributed by atoms with Gasteiger partial charge in [0.15, 0.2) is 11.5 Å². The average molecular weight is 355 g/mol. The Labute approximate surface area is 156 Å². The van der Waals surface area contributed by atoms with E-state index >= 15 is 0 Å². The van der Waals surface area contributed by atoms with Crippen molar-refractivity contribution >= 4 is 5.69 Å². The second kappa shape index (κ2) is 10.0. The minimum atomic E-state index is 0.694. The fraction of sp³-hybridized carbons (Fsp3) is 0.429. The molecule has 2 aromatic carbocycles. The van der Waals surface area contributed by atoms with Gasteiger partial charge >= 0.3 is 0 Å². The lowest BCUT2D eigenvalue weighted by Gasteiger charge is -2.26. The molecule has 1 aliphatic heterocycles. The predicted octanol–water partition coefficient (Wildman–Crippen LogP) is 3.68. The predicted molar refractivity (Wildman–Crippen MR) is 106 cm³/mol. The summed E-state index contributed by atoms with van der Waals surface area (Å²) < 4.78 is 11.5. The van der Waals surface area contributed by atoms with E-state index in [2.05, 4.69) is 21.8 Å². The van der Waals surface area contributed by atoms with Crippen molar-refractivity contribution in [1.82, 2.24) is 10.3 Å². The van der Waals surface area contributed by atoms with Crippen LogP contribution in [0.2, 0.25) is 0 Å². The van der Waals surface area contributed by atoms with Crippen LogP contribution >= 0.6 is 0 Å². The summed E-state index contributed by atoms with van der Waals surface area (Å²) in [5.74, 6) is 1.59. The van der Waals surface area contributed by atoms with Crippen molar-refractivity contribution in [2.45, 2.75) is 25.8 Å². The van der Waals surface area contributed by atoms with Gasteiger partial charge in [0.1, 0.15) is 6.61 Å². The molecule has 1 fully saturated rings. The topological polar surface area (TPSA) is 45.8 Å². The highest BCUT2D eigenvalue weighted by atomic mass is 16.5. The van der Waals surface area contributed by atoms with E-state index in [1.165, 1.54) is 32.4 Å². The molecular weight excluding hydrogens is 326 g/mol. The van der Waals surface area contributed by atoms with Crippen LogP contribution in [0.5, 0.6) is 11.5 Å². The zero-order valence-corrected chi connectivity index (χ0v) is 15.5. The Morgan fingerprint density at radius 1 is 0.962 bits per heavy atom. The molecule has 26 heavy (non-hydrogen) atoms. The normalized spacial score (nSPS) is 14.8. The zero-order valence-electron chi connectivity index (χ0n) is 15.5. The van der Waals surface area contributed by atoms with Crippen molar-refractivity contribution in [2.75, 3.05) is 38.8 Å². The van der Waals surface area contributed by atoms with Gasteiger partial charge in [-0.05, 0) is 55.8 Å². The zero-order chi connectivity index (χ0) is 18.0. The van der Waals surface area contributed by atoms with Crippen LogP contribution in [0, 0.1) is 0 Å². The summed E-state index contributed by atoms with van der Waals surface area (Å²) in [6, 6.07) is 16.1. The molecule has 5 heteroatoms. The summed E-state index contributed by atoms with van der Waals surface area (Å²) in [4.78, 5) is 2.48. The number of para-hydroxylation sites is 1. The van der Waals surface area contributed by atoms with Gasteiger partial charge in [0, 0.05) is 18.8 Å². The average Bonchev–Trinajstić information content (AvgIpc) is 2.70. The third-order valence-electron chi connectivity index (χ3n) is 4.64. The molecule has 1 aliphatic rings. The van der Waals surface area contributed by atoms with Crippen LogP contribution in [-0.2, 0) is 6.54 Å². The minimum Gasteiger partial charge on any atom is -0.493 e. The molecule has 1 heterocycles. The molecule has 140 valence electrons. The standard InChI is InChI=1S/C21H29N3O2/c1-25-21-16-18(17-22-23-19-8-4-2-5-9-19)10-11-20(21)26-15-14-24-12-6-3-7-13-24/h2,4-5,8-11,16,22-23H,3,6-7,12-15,17H2,1H3. The minimum absolute atomic E-state index is 0.694. The lowest BCUT2D eigenvalue weighted by Crippen LogP contribution is -2.33. The smallest absolute Gasteiger partial charge is 0.161 e. The number of nitrogens with one attached hydrogen (secondary N) is 2. The van der Waals surface area contributed by atoms with Crippen molar-refractivity contribution in [1.29, 1.82) is 0 Å². The first kappa shape index (κ1) is 18.5. The van der Waals surface area contributed by atoms with E-state index in [1.54, 1.807) is 7.11 Å². The molecule has 2 aromatic rings.